The van der Waals surface area contributed by atoms with E-state index in [4.69, 9.17) is 9.63 Å². The van der Waals surface area contributed by atoms with Crippen molar-refractivity contribution in [2.45, 2.75) is 40.5 Å². The van der Waals surface area contributed by atoms with Gasteiger partial charge in [-0.2, -0.15) is 0 Å². The van der Waals surface area contributed by atoms with E-state index in [1.165, 1.54) is 0 Å². The number of carbonyl (C=O) groups is 2. The van der Waals surface area contributed by atoms with Crippen LogP contribution in [0.25, 0.3) is 0 Å². The molecule has 0 fully saturated rings. The summed E-state index contributed by atoms with van der Waals surface area (Å²) in [4.78, 5) is 22.4. The lowest BCUT2D eigenvalue weighted by Gasteiger charge is -2.20. The third-order valence-corrected chi connectivity index (χ3v) is 2.68. The Hall–Kier alpha value is -1.85. The predicted octanol–water partition coefficient (Wildman–Crippen LogP) is 2.12. The Balaban J connectivity index is 2.62. The van der Waals surface area contributed by atoms with Crippen LogP contribution in [0.1, 0.15) is 37.9 Å². The van der Waals surface area contributed by atoms with Crippen LogP contribution >= 0.6 is 0 Å². The summed E-state index contributed by atoms with van der Waals surface area (Å²) in [5, 5.41) is 15.1. The van der Waals surface area contributed by atoms with Crippen molar-refractivity contribution in [1.82, 2.24) is 5.16 Å². The van der Waals surface area contributed by atoms with Gasteiger partial charge in [0.2, 0.25) is 11.8 Å². The van der Waals surface area contributed by atoms with Crippen LogP contribution in [0.4, 0.5) is 5.88 Å². The molecule has 6 heteroatoms. The molecular formula is C12H18N2O4. The highest BCUT2D eigenvalue weighted by molar-refractivity contribution is 5.90. The Morgan fingerprint density at radius 1 is 1.33 bits per heavy atom. The van der Waals surface area contributed by atoms with E-state index < -0.39 is 11.4 Å². The maximum absolute atomic E-state index is 11.8. The zero-order valence-electron chi connectivity index (χ0n) is 11.0. The molecule has 0 bridgehead atoms. The second kappa shape index (κ2) is 5.20. The van der Waals surface area contributed by atoms with Crippen molar-refractivity contribution >= 4 is 17.8 Å². The topological polar surface area (TPSA) is 92.4 Å². The summed E-state index contributed by atoms with van der Waals surface area (Å²) >= 11 is 0. The van der Waals surface area contributed by atoms with Crippen molar-refractivity contribution in [1.29, 1.82) is 0 Å². The minimum atomic E-state index is -0.917. The lowest BCUT2D eigenvalue weighted by atomic mass is 9.85. The smallest absolute Gasteiger partial charge is 0.303 e. The van der Waals surface area contributed by atoms with E-state index in [9.17, 15) is 9.59 Å². The van der Waals surface area contributed by atoms with Crippen molar-refractivity contribution in [2.75, 3.05) is 5.32 Å². The van der Waals surface area contributed by atoms with Crippen LogP contribution < -0.4 is 5.32 Å². The van der Waals surface area contributed by atoms with Crippen molar-refractivity contribution in [3.8, 4) is 0 Å². The highest BCUT2D eigenvalue weighted by atomic mass is 16.5. The minimum Gasteiger partial charge on any atom is -0.481 e. The monoisotopic (exact) mass is 254 g/mol. The average Bonchev–Trinajstić information content (AvgIpc) is 2.46. The Labute approximate surface area is 105 Å². The van der Waals surface area contributed by atoms with E-state index in [2.05, 4.69) is 10.5 Å². The number of anilines is 1. The van der Waals surface area contributed by atoms with Crippen LogP contribution in [0.15, 0.2) is 4.52 Å². The highest BCUT2D eigenvalue weighted by Crippen LogP contribution is 2.26. The van der Waals surface area contributed by atoms with E-state index >= 15 is 0 Å². The number of hydrogen-bond donors (Lipinski definition) is 2. The summed E-state index contributed by atoms with van der Waals surface area (Å²) in [7, 11) is 0. The van der Waals surface area contributed by atoms with Gasteiger partial charge in [-0.3, -0.25) is 14.9 Å². The number of amides is 1. The van der Waals surface area contributed by atoms with Crippen LogP contribution in [-0.4, -0.2) is 22.1 Å². The first-order chi connectivity index (χ1) is 8.21. The summed E-state index contributed by atoms with van der Waals surface area (Å²) in [6, 6.07) is 0. The number of hydrogen-bond acceptors (Lipinski definition) is 4. The van der Waals surface area contributed by atoms with Crippen LogP contribution in [0.2, 0.25) is 0 Å². The van der Waals surface area contributed by atoms with Gasteiger partial charge in [0.15, 0.2) is 0 Å². The molecule has 0 aliphatic heterocycles. The molecule has 0 saturated heterocycles. The molecular weight excluding hydrogens is 236 g/mol. The lowest BCUT2D eigenvalue weighted by Crippen LogP contribution is -2.24. The number of rotatable bonds is 5. The van der Waals surface area contributed by atoms with Gasteiger partial charge >= 0.3 is 5.97 Å². The quantitative estimate of drug-likeness (QED) is 0.839. The van der Waals surface area contributed by atoms with Gasteiger partial charge in [-0.15, -0.1) is 0 Å². The first-order valence-electron chi connectivity index (χ1n) is 5.66. The molecule has 0 aliphatic rings. The molecule has 1 aromatic heterocycles. The van der Waals surface area contributed by atoms with Gasteiger partial charge in [0.25, 0.3) is 0 Å². The van der Waals surface area contributed by atoms with Crippen molar-refractivity contribution in [3.63, 3.8) is 0 Å². The molecule has 0 aliphatic carbocycles. The number of nitrogens with zero attached hydrogens (tertiary/aromatic N) is 1. The molecule has 0 saturated carbocycles. The number of aliphatic carboxylic acids is 1. The van der Waals surface area contributed by atoms with Crippen molar-refractivity contribution < 1.29 is 19.2 Å². The van der Waals surface area contributed by atoms with Crippen LogP contribution in [0.5, 0.6) is 0 Å². The number of aryl methyl sites for hydroxylation is 1. The summed E-state index contributed by atoms with van der Waals surface area (Å²) in [6.45, 7) is 7.05. The Morgan fingerprint density at radius 2 is 1.94 bits per heavy atom. The first-order valence-corrected chi connectivity index (χ1v) is 5.66. The number of carboxylic acids is 1. The Morgan fingerprint density at radius 3 is 2.39 bits per heavy atom. The van der Waals surface area contributed by atoms with Crippen molar-refractivity contribution in [2.24, 2.45) is 5.41 Å². The fourth-order valence-electron chi connectivity index (χ4n) is 1.61. The zero-order chi connectivity index (χ0) is 13.9. The fraction of sp³-hybridized carbons (Fsp3) is 0.583. The third-order valence-electron chi connectivity index (χ3n) is 2.68. The maximum Gasteiger partial charge on any atom is 0.303 e. The first kappa shape index (κ1) is 14.2. The predicted molar refractivity (Wildman–Crippen MR) is 65.3 cm³/mol. The molecule has 18 heavy (non-hydrogen) atoms. The largest absolute Gasteiger partial charge is 0.481 e. The zero-order valence-corrected chi connectivity index (χ0v) is 11.0. The lowest BCUT2D eigenvalue weighted by molar-refractivity contribution is -0.139. The number of aromatic nitrogens is 1. The van der Waals surface area contributed by atoms with Crippen molar-refractivity contribution in [3.05, 3.63) is 11.3 Å². The molecule has 0 spiro atoms. The average molecular weight is 254 g/mol. The van der Waals surface area contributed by atoms with E-state index in [-0.39, 0.29) is 18.7 Å². The third kappa shape index (κ3) is 3.87. The SMILES string of the molecule is Cc1noc(NC(=O)CC(C)(C)CC(=O)O)c1C. The van der Waals surface area contributed by atoms with Gasteiger partial charge in [-0.25, -0.2) is 0 Å². The van der Waals surface area contributed by atoms with Crippen LogP contribution in [-0.2, 0) is 9.59 Å². The normalized spacial score (nSPS) is 11.3. The Kier molecular flexibility index (Phi) is 4.11. The maximum atomic E-state index is 11.8. The van der Waals surface area contributed by atoms with Crippen LogP contribution in [0, 0.1) is 19.3 Å². The standard InChI is InChI=1S/C12H18N2O4/c1-7-8(2)14-18-11(7)13-9(15)5-12(3,4)6-10(16)17/h5-6H2,1-4H3,(H,13,15)(H,16,17). The molecule has 0 radical (unpaired) electrons. The van der Waals surface area contributed by atoms with Gasteiger partial charge in [-0.05, 0) is 19.3 Å². The summed E-state index contributed by atoms with van der Waals surface area (Å²) in [6.07, 6.45) is 0.0489. The fourth-order valence-corrected chi connectivity index (χ4v) is 1.61. The van der Waals surface area contributed by atoms with Crippen LogP contribution in [0.3, 0.4) is 0 Å². The number of carbonyl (C=O) groups excluding carboxylic acids is 1. The van der Waals surface area contributed by atoms with Gasteiger partial charge < -0.3 is 9.63 Å². The summed E-state index contributed by atoms with van der Waals surface area (Å²) < 4.78 is 4.96. The van der Waals surface area contributed by atoms with E-state index in [1.807, 2.05) is 0 Å². The Bertz CT molecular complexity index is 463. The molecule has 1 amide bonds. The molecule has 6 nitrogen and oxygen atoms in total. The molecule has 0 atom stereocenters. The molecule has 0 aromatic carbocycles. The second-order valence-electron chi connectivity index (χ2n) is 5.18. The molecule has 100 valence electrons. The summed E-state index contributed by atoms with van der Waals surface area (Å²) in [5.74, 6) is -0.872. The molecule has 1 aromatic rings. The van der Waals surface area contributed by atoms with E-state index in [0.29, 0.717) is 5.88 Å². The van der Waals surface area contributed by atoms with Gasteiger partial charge in [-0.1, -0.05) is 19.0 Å². The van der Waals surface area contributed by atoms with Gasteiger partial charge in [0.1, 0.15) is 0 Å². The highest BCUT2D eigenvalue weighted by Gasteiger charge is 2.26. The molecule has 1 rings (SSSR count). The number of carboxylic acid groups (broad SMARTS) is 1. The van der Waals surface area contributed by atoms with E-state index in [1.54, 1.807) is 27.7 Å². The van der Waals surface area contributed by atoms with E-state index in [0.717, 1.165) is 11.3 Å². The number of nitrogens with one attached hydrogen (secondary N) is 1. The molecule has 2 N–H and O–H groups in total. The summed E-state index contributed by atoms with van der Waals surface area (Å²) in [5.41, 5.74) is 0.897. The molecule has 1 heterocycles. The van der Waals surface area contributed by atoms with Gasteiger partial charge in [0, 0.05) is 12.0 Å². The molecule has 0 unspecified atom stereocenters. The second-order valence-corrected chi connectivity index (χ2v) is 5.18. The minimum absolute atomic E-state index is 0.0607. The van der Waals surface area contributed by atoms with Gasteiger partial charge in [0.05, 0.1) is 12.1 Å².